The fourth-order valence-electron chi connectivity index (χ4n) is 1.60. The van der Waals surface area contributed by atoms with Crippen LogP contribution in [0.15, 0.2) is 18.2 Å². The van der Waals surface area contributed by atoms with E-state index in [1.807, 2.05) is 0 Å². The third-order valence-corrected chi connectivity index (χ3v) is 3.39. The third kappa shape index (κ3) is 4.11. The number of nitrogens with zero attached hydrogens (tertiary/aromatic N) is 3. The summed E-state index contributed by atoms with van der Waals surface area (Å²) < 4.78 is 24.5. The number of aryl methyl sites for hydroxylation is 1. The number of benzene rings is 1. The first-order valence-corrected chi connectivity index (χ1v) is 8.06. The minimum absolute atomic E-state index is 0.0730. The molecule has 0 aliphatic rings. The van der Waals surface area contributed by atoms with Crippen LogP contribution in [0.4, 0.5) is 10.1 Å². The Kier molecular flexibility index (Phi) is 4.62. The zero-order valence-corrected chi connectivity index (χ0v) is 12.8. The lowest BCUT2D eigenvalue weighted by atomic mass is 10.2. The highest BCUT2D eigenvalue weighted by Gasteiger charge is 2.22. The van der Waals surface area contributed by atoms with Crippen molar-refractivity contribution in [1.82, 2.24) is 15.0 Å². The molecule has 1 aromatic heterocycles. The average molecular weight is 349 g/mol. The third-order valence-electron chi connectivity index (χ3n) is 2.51. The van der Waals surface area contributed by atoms with Gasteiger partial charge in [0.15, 0.2) is 17.1 Å². The van der Waals surface area contributed by atoms with E-state index in [1.165, 1.54) is 12.1 Å². The second-order valence-electron chi connectivity index (χ2n) is 4.46. The van der Waals surface area contributed by atoms with Gasteiger partial charge in [0.25, 0.3) is 5.91 Å². The molecule has 0 saturated heterocycles. The average Bonchev–Trinajstić information content (AvgIpc) is 2.71. The van der Waals surface area contributed by atoms with Crippen molar-refractivity contribution in [3.05, 3.63) is 40.4 Å². The molecule has 0 saturated carbocycles. The van der Waals surface area contributed by atoms with Crippen LogP contribution in [-0.2, 0) is 10.9 Å². The molecule has 0 radical (unpaired) electrons. The monoisotopic (exact) mass is 348 g/mol. The number of carbonyl (C=O) groups excluding carboxylic acids is 1. The Morgan fingerprint density at radius 2 is 2.14 bits per heavy atom. The highest BCUT2D eigenvalue weighted by molar-refractivity contribution is 7.50. The quantitative estimate of drug-likeness (QED) is 0.725. The van der Waals surface area contributed by atoms with Gasteiger partial charge in [-0.15, -0.1) is 10.2 Å². The van der Waals surface area contributed by atoms with Gasteiger partial charge in [0.05, 0.1) is 5.69 Å². The standard InChI is InChI=1S/C11H11ClFN4O4P/c1-6-2-3-8(7(13)4-6)14-11(18)9-10(12)16-17(15-9)5-22(19,20)21/h2-4H,5H2,1H3,(H,14,18)(H2,19,20,21). The van der Waals surface area contributed by atoms with Gasteiger partial charge in [0.2, 0.25) is 0 Å². The van der Waals surface area contributed by atoms with Gasteiger partial charge in [-0.25, -0.2) is 4.39 Å². The van der Waals surface area contributed by atoms with E-state index < -0.39 is 25.6 Å². The molecular weight excluding hydrogens is 338 g/mol. The summed E-state index contributed by atoms with van der Waals surface area (Å²) in [5, 5.41) is 9.02. The number of anilines is 1. The summed E-state index contributed by atoms with van der Waals surface area (Å²) in [4.78, 5) is 30.2. The molecule has 0 bridgehead atoms. The summed E-state index contributed by atoms with van der Waals surface area (Å²) >= 11 is 5.70. The molecular formula is C11H11ClFN4O4P. The highest BCUT2D eigenvalue weighted by atomic mass is 35.5. The van der Waals surface area contributed by atoms with E-state index in [2.05, 4.69) is 15.5 Å². The molecule has 2 rings (SSSR count). The maximum atomic E-state index is 13.7. The molecule has 11 heteroatoms. The molecule has 0 spiro atoms. The molecule has 1 amide bonds. The lowest BCUT2D eigenvalue weighted by molar-refractivity contribution is 0.102. The Bertz CT molecular complexity index is 775. The summed E-state index contributed by atoms with van der Waals surface area (Å²) in [5.74, 6) is -1.48. The first-order chi connectivity index (χ1) is 10.2. The Morgan fingerprint density at radius 3 is 2.73 bits per heavy atom. The normalized spacial score (nSPS) is 11.5. The Hall–Kier alpha value is -1.80. The van der Waals surface area contributed by atoms with Crippen molar-refractivity contribution in [2.24, 2.45) is 0 Å². The highest BCUT2D eigenvalue weighted by Crippen LogP contribution is 2.36. The number of aromatic nitrogens is 3. The first-order valence-electron chi connectivity index (χ1n) is 5.88. The van der Waals surface area contributed by atoms with Crippen molar-refractivity contribution in [2.75, 3.05) is 5.32 Å². The number of nitrogens with one attached hydrogen (secondary N) is 1. The van der Waals surface area contributed by atoms with Gasteiger partial charge in [-0.3, -0.25) is 9.36 Å². The Morgan fingerprint density at radius 1 is 1.45 bits per heavy atom. The number of hydrogen-bond acceptors (Lipinski definition) is 4. The van der Waals surface area contributed by atoms with Gasteiger partial charge in [0.1, 0.15) is 5.82 Å². The van der Waals surface area contributed by atoms with Crippen molar-refractivity contribution in [3.8, 4) is 0 Å². The van der Waals surface area contributed by atoms with E-state index in [0.29, 0.717) is 10.4 Å². The van der Waals surface area contributed by atoms with Crippen molar-refractivity contribution in [3.63, 3.8) is 0 Å². The summed E-state index contributed by atoms with van der Waals surface area (Å²) in [6.07, 6.45) is -0.821. The molecule has 8 nitrogen and oxygen atoms in total. The van der Waals surface area contributed by atoms with E-state index >= 15 is 0 Å². The zero-order valence-electron chi connectivity index (χ0n) is 11.2. The number of amides is 1. The van der Waals surface area contributed by atoms with Crippen LogP contribution in [0.25, 0.3) is 0 Å². The predicted octanol–water partition coefficient (Wildman–Crippen LogP) is 1.77. The predicted molar refractivity (Wildman–Crippen MR) is 76.2 cm³/mol. The zero-order chi connectivity index (χ0) is 16.5. The van der Waals surface area contributed by atoms with E-state index in [-0.39, 0.29) is 16.5 Å². The Labute approximate surface area is 129 Å². The van der Waals surface area contributed by atoms with Crippen LogP contribution in [0, 0.1) is 12.7 Å². The smallest absolute Gasteiger partial charge is 0.323 e. The van der Waals surface area contributed by atoms with Crippen LogP contribution in [-0.4, -0.2) is 30.7 Å². The minimum atomic E-state index is -4.42. The van der Waals surface area contributed by atoms with E-state index in [9.17, 15) is 13.8 Å². The maximum Gasteiger partial charge on any atom is 0.348 e. The molecule has 1 aromatic carbocycles. The number of hydrogen-bond donors (Lipinski definition) is 3. The second kappa shape index (κ2) is 6.13. The van der Waals surface area contributed by atoms with Crippen molar-refractivity contribution in [1.29, 1.82) is 0 Å². The van der Waals surface area contributed by atoms with Crippen LogP contribution in [0.3, 0.4) is 0 Å². The molecule has 2 aromatic rings. The lowest BCUT2D eigenvalue weighted by Crippen LogP contribution is -2.15. The molecule has 118 valence electrons. The van der Waals surface area contributed by atoms with Crippen LogP contribution in [0.1, 0.15) is 16.1 Å². The summed E-state index contributed by atoms with van der Waals surface area (Å²) in [6.45, 7) is 1.69. The van der Waals surface area contributed by atoms with Crippen LogP contribution in [0.2, 0.25) is 5.15 Å². The fraction of sp³-hybridized carbons (Fsp3) is 0.182. The topological polar surface area (TPSA) is 117 Å². The summed E-state index contributed by atoms with van der Waals surface area (Å²) in [6, 6.07) is 4.21. The summed E-state index contributed by atoms with van der Waals surface area (Å²) in [7, 11) is -4.42. The van der Waals surface area contributed by atoms with Gasteiger partial charge in [-0.1, -0.05) is 17.7 Å². The van der Waals surface area contributed by atoms with Crippen LogP contribution in [0.5, 0.6) is 0 Å². The molecule has 0 aliphatic heterocycles. The molecule has 0 unspecified atom stereocenters. The molecule has 1 heterocycles. The molecule has 0 fully saturated rings. The minimum Gasteiger partial charge on any atom is -0.323 e. The maximum absolute atomic E-state index is 13.7. The number of halogens is 2. The molecule has 0 aliphatic carbocycles. The van der Waals surface area contributed by atoms with Crippen molar-refractivity contribution < 1.29 is 23.5 Å². The van der Waals surface area contributed by atoms with Crippen LogP contribution < -0.4 is 5.32 Å². The van der Waals surface area contributed by atoms with E-state index in [1.54, 1.807) is 13.0 Å². The van der Waals surface area contributed by atoms with Gasteiger partial charge in [-0.2, -0.15) is 4.80 Å². The second-order valence-corrected chi connectivity index (χ2v) is 6.43. The summed E-state index contributed by atoms with van der Waals surface area (Å²) in [5.41, 5.74) is 0.243. The first kappa shape index (κ1) is 16.6. The SMILES string of the molecule is Cc1ccc(NC(=O)c2nn(CP(=O)(O)O)nc2Cl)c(F)c1. The lowest BCUT2D eigenvalue weighted by Gasteiger charge is -2.05. The largest absolute Gasteiger partial charge is 0.348 e. The van der Waals surface area contributed by atoms with Crippen molar-refractivity contribution in [2.45, 2.75) is 13.2 Å². The molecule has 22 heavy (non-hydrogen) atoms. The van der Waals surface area contributed by atoms with Crippen molar-refractivity contribution >= 4 is 30.8 Å². The van der Waals surface area contributed by atoms with Gasteiger partial charge < -0.3 is 15.1 Å². The number of carbonyl (C=O) groups is 1. The van der Waals surface area contributed by atoms with Gasteiger partial charge >= 0.3 is 7.60 Å². The van der Waals surface area contributed by atoms with Gasteiger partial charge in [-0.05, 0) is 24.6 Å². The fourth-order valence-corrected chi connectivity index (χ4v) is 2.26. The van der Waals surface area contributed by atoms with Crippen LogP contribution >= 0.6 is 19.2 Å². The molecule has 3 N–H and O–H groups in total. The Balaban J connectivity index is 2.21. The molecule has 0 atom stereocenters. The van der Waals surface area contributed by atoms with E-state index in [0.717, 1.165) is 0 Å². The number of rotatable bonds is 4. The van der Waals surface area contributed by atoms with Gasteiger partial charge in [0, 0.05) is 0 Å². The van der Waals surface area contributed by atoms with E-state index in [4.69, 9.17) is 21.4 Å².